The van der Waals surface area contributed by atoms with E-state index in [0.29, 0.717) is 12.1 Å². The zero-order valence-corrected chi connectivity index (χ0v) is 13.3. The van der Waals surface area contributed by atoms with Crippen LogP contribution in [0.25, 0.3) is 0 Å². The molecule has 0 saturated carbocycles. The first-order valence-corrected chi connectivity index (χ1v) is 7.59. The molecule has 0 unspecified atom stereocenters. The summed E-state index contributed by atoms with van der Waals surface area (Å²) in [4.78, 5) is 17.9. The first kappa shape index (κ1) is 15.5. The van der Waals surface area contributed by atoms with Gasteiger partial charge in [-0.25, -0.2) is 4.79 Å². The number of aromatic nitrogens is 1. The van der Waals surface area contributed by atoms with Gasteiger partial charge < -0.3 is 9.84 Å². The zero-order valence-electron chi connectivity index (χ0n) is 13.3. The molecule has 1 fully saturated rings. The molecule has 1 aromatic heterocycles. The first-order valence-electron chi connectivity index (χ1n) is 7.59. The largest absolute Gasteiger partial charge is 0.438 e. The van der Waals surface area contributed by atoms with Crippen molar-refractivity contribution >= 4 is 6.09 Å². The second-order valence-corrected chi connectivity index (χ2v) is 6.19. The molecular weight excluding hydrogens is 292 g/mol. The van der Waals surface area contributed by atoms with Crippen LogP contribution in [0.1, 0.15) is 25.1 Å². The van der Waals surface area contributed by atoms with E-state index in [9.17, 15) is 9.90 Å². The Morgan fingerprint density at radius 3 is 2.48 bits per heavy atom. The molecule has 5 heteroatoms. The molecule has 2 atom stereocenters. The quantitative estimate of drug-likeness (QED) is 0.943. The Balaban J connectivity index is 1.85. The maximum atomic E-state index is 12.3. The van der Waals surface area contributed by atoms with Gasteiger partial charge in [-0.3, -0.25) is 9.88 Å². The number of carbonyl (C=O) groups is 1. The van der Waals surface area contributed by atoms with Gasteiger partial charge in [-0.15, -0.1) is 0 Å². The van der Waals surface area contributed by atoms with Crippen molar-refractivity contribution in [2.45, 2.75) is 38.1 Å². The van der Waals surface area contributed by atoms with Gasteiger partial charge in [0, 0.05) is 12.6 Å². The fraction of sp³-hybridized carbons (Fsp3) is 0.333. The number of aliphatic hydroxyl groups is 1. The number of cyclic esters (lactones) is 1. The van der Waals surface area contributed by atoms with Gasteiger partial charge in [-0.1, -0.05) is 36.4 Å². The lowest BCUT2D eigenvalue weighted by Crippen LogP contribution is -2.55. The highest BCUT2D eigenvalue weighted by Gasteiger charge is 2.59. The Morgan fingerprint density at radius 1 is 1.13 bits per heavy atom. The predicted octanol–water partition coefficient (Wildman–Crippen LogP) is 2.74. The predicted molar refractivity (Wildman–Crippen MR) is 85.4 cm³/mol. The maximum absolute atomic E-state index is 12.3. The number of nitrogens with zero attached hydrogens (tertiary/aromatic N) is 2. The number of carbonyl (C=O) groups excluding carboxylic acids is 1. The molecule has 1 aliphatic rings. The molecule has 0 radical (unpaired) electrons. The molecule has 5 nitrogen and oxygen atoms in total. The van der Waals surface area contributed by atoms with Crippen molar-refractivity contribution < 1.29 is 14.6 Å². The summed E-state index contributed by atoms with van der Waals surface area (Å²) < 4.78 is 5.56. The molecule has 120 valence electrons. The van der Waals surface area contributed by atoms with Gasteiger partial charge in [-0.05, 0) is 31.5 Å². The highest BCUT2D eigenvalue weighted by molar-refractivity contribution is 5.72. The van der Waals surface area contributed by atoms with Gasteiger partial charge in [0.25, 0.3) is 0 Å². The lowest BCUT2D eigenvalue weighted by molar-refractivity contribution is -0.138. The average molecular weight is 312 g/mol. The Labute approximate surface area is 135 Å². The van der Waals surface area contributed by atoms with Crippen LogP contribution in [0.2, 0.25) is 0 Å². The van der Waals surface area contributed by atoms with E-state index >= 15 is 0 Å². The standard InChI is InChI=1S/C18H20N2O3/c1-17(12-14-8-4-3-5-9-14)18(2,22)20(16(21)23-17)13-15-10-6-7-11-19-15/h3-11,22H,12-13H2,1-2H3/t17-,18+/m1/s1. The van der Waals surface area contributed by atoms with Crippen LogP contribution in [0.4, 0.5) is 4.79 Å². The maximum Gasteiger partial charge on any atom is 0.413 e. The number of ether oxygens (including phenoxy) is 1. The summed E-state index contributed by atoms with van der Waals surface area (Å²) >= 11 is 0. The molecule has 1 saturated heterocycles. The van der Waals surface area contributed by atoms with E-state index in [1.165, 1.54) is 4.90 Å². The summed E-state index contributed by atoms with van der Waals surface area (Å²) in [5, 5.41) is 11.0. The molecule has 1 N–H and O–H groups in total. The van der Waals surface area contributed by atoms with E-state index in [4.69, 9.17) is 4.74 Å². The fourth-order valence-electron chi connectivity index (χ4n) is 2.87. The molecular formula is C18H20N2O3. The Hall–Kier alpha value is -2.40. The van der Waals surface area contributed by atoms with Crippen LogP contribution in [0.15, 0.2) is 54.7 Å². The minimum absolute atomic E-state index is 0.205. The van der Waals surface area contributed by atoms with Gasteiger partial charge in [0.2, 0.25) is 0 Å². The Morgan fingerprint density at radius 2 is 1.83 bits per heavy atom. The molecule has 0 bridgehead atoms. The summed E-state index contributed by atoms with van der Waals surface area (Å²) in [6.07, 6.45) is 1.57. The van der Waals surface area contributed by atoms with Gasteiger partial charge in [0.1, 0.15) is 0 Å². The van der Waals surface area contributed by atoms with Crippen LogP contribution < -0.4 is 0 Å². The van der Waals surface area contributed by atoms with E-state index < -0.39 is 17.4 Å². The second-order valence-electron chi connectivity index (χ2n) is 6.19. The molecule has 2 heterocycles. The third-order valence-electron chi connectivity index (χ3n) is 4.49. The molecule has 3 rings (SSSR count). The van der Waals surface area contributed by atoms with Gasteiger partial charge >= 0.3 is 6.09 Å². The van der Waals surface area contributed by atoms with Gasteiger partial charge in [0.15, 0.2) is 11.3 Å². The SMILES string of the molecule is C[C@]1(Cc2ccccc2)OC(=O)N(Cc2ccccn2)[C@@]1(C)O. The summed E-state index contributed by atoms with van der Waals surface area (Å²) in [5.74, 6) is 0. The summed E-state index contributed by atoms with van der Waals surface area (Å²) in [6, 6.07) is 15.2. The van der Waals surface area contributed by atoms with Crippen LogP contribution in [0.3, 0.4) is 0 Å². The fourth-order valence-corrected chi connectivity index (χ4v) is 2.87. The minimum atomic E-state index is -1.43. The van der Waals surface area contributed by atoms with Gasteiger partial charge in [-0.2, -0.15) is 0 Å². The number of benzene rings is 1. The lowest BCUT2D eigenvalue weighted by atomic mass is 9.86. The Bertz CT molecular complexity index is 688. The smallest absolute Gasteiger partial charge is 0.413 e. The zero-order chi connectivity index (χ0) is 16.5. The highest BCUT2D eigenvalue weighted by Crippen LogP contribution is 2.40. The number of rotatable bonds is 4. The van der Waals surface area contributed by atoms with Crippen molar-refractivity contribution in [1.29, 1.82) is 0 Å². The molecule has 23 heavy (non-hydrogen) atoms. The molecule has 1 aromatic carbocycles. The number of amides is 1. The Kier molecular flexibility index (Phi) is 3.82. The van der Waals surface area contributed by atoms with E-state index in [1.807, 2.05) is 48.5 Å². The summed E-state index contributed by atoms with van der Waals surface area (Å²) in [6.45, 7) is 3.58. The first-order chi connectivity index (χ1) is 10.9. The third kappa shape index (κ3) is 2.80. The monoisotopic (exact) mass is 312 g/mol. The van der Waals surface area contributed by atoms with E-state index in [0.717, 1.165) is 5.56 Å². The number of pyridine rings is 1. The van der Waals surface area contributed by atoms with Crippen LogP contribution in [-0.4, -0.2) is 32.4 Å². The number of hydrogen-bond donors (Lipinski definition) is 1. The number of hydrogen-bond acceptors (Lipinski definition) is 4. The van der Waals surface area contributed by atoms with Gasteiger partial charge in [0.05, 0.1) is 12.2 Å². The summed E-state index contributed by atoms with van der Waals surface area (Å²) in [7, 11) is 0. The van der Waals surface area contributed by atoms with Crippen molar-refractivity contribution in [3.63, 3.8) is 0 Å². The van der Waals surface area contributed by atoms with Crippen LogP contribution in [0, 0.1) is 0 Å². The highest BCUT2D eigenvalue weighted by atomic mass is 16.6. The van der Waals surface area contributed by atoms with Crippen LogP contribution in [0.5, 0.6) is 0 Å². The minimum Gasteiger partial charge on any atom is -0.438 e. The van der Waals surface area contributed by atoms with Crippen molar-refractivity contribution in [3.05, 3.63) is 66.0 Å². The van der Waals surface area contributed by atoms with Crippen molar-refractivity contribution in [1.82, 2.24) is 9.88 Å². The average Bonchev–Trinajstić information content (AvgIpc) is 2.69. The van der Waals surface area contributed by atoms with E-state index in [1.54, 1.807) is 20.0 Å². The second kappa shape index (κ2) is 5.66. The molecule has 1 aliphatic heterocycles. The van der Waals surface area contributed by atoms with Crippen LogP contribution >= 0.6 is 0 Å². The van der Waals surface area contributed by atoms with E-state index in [-0.39, 0.29) is 6.54 Å². The molecule has 1 amide bonds. The topological polar surface area (TPSA) is 62.7 Å². The summed E-state index contributed by atoms with van der Waals surface area (Å²) in [5.41, 5.74) is -0.756. The van der Waals surface area contributed by atoms with E-state index in [2.05, 4.69) is 4.98 Å². The van der Waals surface area contributed by atoms with Crippen molar-refractivity contribution in [2.24, 2.45) is 0 Å². The molecule has 0 aliphatic carbocycles. The normalized spacial score (nSPS) is 27.1. The third-order valence-corrected chi connectivity index (χ3v) is 4.49. The molecule has 0 spiro atoms. The van der Waals surface area contributed by atoms with Crippen molar-refractivity contribution in [2.75, 3.05) is 0 Å². The lowest BCUT2D eigenvalue weighted by Gasteiger charge is -2.37. The van der Waals surface area contributed by atoms with Crippen LogP contribution in [-0.2, 0) is 17.7 Å². The van der Waals surface area contributed by atoms with Crippen molar-refractivity contribution in [3.8, 4) is 0 Å². The molecule has 2 aromatic rings.